The van der Waals surface area contributed by atoms with Crippen LogP contribution in [0.5, 0.6) is 0 Å². The molecule has 0 fully saturated rings. The van der Waals surface area contributed by atoms with Gasteiger partial charge in [0.15, 0.2) is 0 Å². The van der Waals surface area contributed by atoms with Crippen molar-refractivity contribution >= 4 is 27.5 Å². The second kappa shape index (κ2) is 6.68. The molecule has 0 bridgehead atoms. The first-order chi connectivity index (χ1) is 9.61. The van der Waals surface area contributed by atoms with Crippen LogP contribution in [0.4, 0.5) is 5.69 Å². The fraction of sp³-hybridized carbons (Fsp3) is 0.188. The van der Waals surface area contributed by atoms with Crippen LogP contribution in [0.25, 0.3) is 0 Å². The molecule has 1 amide bonds. The van der Waals surface area contributed by atoms with Crippen molar-refractivity contribution in [3.63, 3.8) is 0 Å². The van der Waals surface area contributed by atoms with Crippen molar-refractivity contribution in [3.8, 4) is 0 Å². The summed E-state index contributed by atoms with van der Waals surface area (Å²) in [6.45, 7) is 2.70. The summed E-state index contributed by atoms with van der Waals surface area (Å²) in [7, 11) is 1.90. The lowest BCUT2D eigenvalue weighted by atomic mass is 10.1. The lowest BCUT2D eigenvalue weighted by Crippen LogP contribution is -2.14. The number of rotatable bonds is 4. The van der Waals surface area contributed by atoms with Crippen LogP contribution >= 0.6 is 15.9 Å². The van der Waals surface area contributed by atoms with Crippen LogP contribution in [0.1, 0.15) is 21.5 Å². The highest BCUT2D eigenvalue weighted by Crippen LogP contribution is 2.20. The van der Waals surface area contributed by atoms with E-state index >= 15 is 0 Å². The molecule has 0 saturated carbocycles. The first-order valence-electron chi connectivity index (χ1n) is 6.42. The smallest absolute Gasteiger partial charge is 0.255 e. The Morgan fingerprint density at radius 1 is 1.20 bits per heavy atom. The van der Waals surface area contributed by atoms with E-state index in [1.54, 1.807) is 0 Å². The van der Waals surface area contributed by atoms with Crippen molar-refractivity contribution in [1.82, 2.24) is 5.32 Å². The minimum atomic E-state index is -0.0922. The molecular formula is C16H17BrN2O. The average Bonchev–Trinajstić information content (AvgIpc) is 2.42. The van der Waals surface area contributed by atoms with E-state index in [1.807, 2.05) is 56.4 Å². The number of carbonyl (C=O) groups is 1. The SMILES string of the molecule is CNCc1cccc(NC(=O)c2cccc(Br)c2C)c1. The van der Waals surface area contributed by atoms with E-state index in [2.05, 4.69) is 26.6 Å². The molecule has 4 heteroatoms. The molecule has 20 heavy (non-hydrogen) atoms. The predicted octanol–water partition coefficient (Wildman–Crippen LogP) is 3.73. The summed E-state index contributed by atoms with van der Waals surface area (Å²) in [5.41, 5.74) is 3.56. The molecule has 0 unspecified atom stereocenters. The lowest BCUT2D eigenvalue weighted by molar-refractivity contribution is 0.102. The second-order valence-electron chi connectivity index (χ2n) is 4.60. The molecule has 2 N–H and O–H groups in total. The molecule has 0 aromatic heterocycles. The van der Waals surface area contributed by atoms with Crippen molar-refractivity contribution < 1.29 is 4.79 Å². The molecule has 104 valence electrons. The highest BCUT2D eigenvalue weighted by atomic mass is 79.9. The van der Waals surface area contributed by atoms with Gasteiger partial charge in [0, 0.05) is 22.3 Å². The molecule has 0 spiro atoms. The fourth-order valence-electron chi connectivity index (χ4n) is 2.02. The number of halogens is 1. The van der Waals surface area contributed by atoms with Gasteiger partial charge in [0.1, 0.15) is 0 Å². The molecular weight excluding hydrogens is 316 g/mol. The van der Waals surface area contributed by atoms with Gasteiger partial charge in [-0.25, -0.2) is 0 Å². The van der Waals surface area contributed by atoms with E-state index in [4.69, 9.17) is 0 Å². The Labute approximate surface area is 127 Å². The van der Waals surface area contributed by atoms with Crippen molar-refractivity contribution in [3.05, 3.63) is 63.6 Å². The Bertz CT molecular complexity index is 626. The Morgan fingerprint density at radius 3 is 2.70 bits per heavy atom. The van der Waals surface area contributed by atoms with Gasteiger partial charge in [-0.3, -0.25) is 4.79 Å². The molecule has 0 atom stereocenters. The van der Waals surface area contributed by atoms with Gasteiger partial charge >= 0.3 is 0 Å². The third-order valence-corrected chi connectivity index (χ3v) is 3.94. The zero-order valence-corrected chi connectivity index (χ0v) is 13.1. The van der Waals surface area contributed by atoms with E-state index in [0.29, 0.717) is 5.56 Å². The van der Waals surface area contributed by atoms with Crippen LogP contribution in [0, 0.1) is 6.92 Å². The van der Waals surface area contributed by atoms with Crippen molar-refractivity contribution in [2.45, 2.75) is 13.5 Å². The Kier molecular flexibility index (Phi) is 4.93. The van der Waals surface area contributed by atoms with Gasteiger partial charge in [-0.15, -0.1) is 0 Å². The van der Waals surface area contributed by atoms with Gasteiger partial charge in [0.05, 0.1) is 0 Å². The number of hydrogen-bond acceptors (Lipinski definition) is 2. The summed E-state index contributed by atoms with van der Waals surface area (Å²) in [6.07, 6.45) is 0. The summed E-state index contributed by atoms with van der Waals surface area (Å²) in [6, 6.07) is 13.5. The van der Waals surface area contributed by atoms with Gasteiger partial charge < -0.3 is 10.6 Å². The number of carbonyl (C=O) groups excluding carboxylic acids is 1. The predicted molar refractivity (Wildman–Crippen MR) is 86.0 cm³/mol. The third kappa shape index (κ3) is 3.46. The number of benzene rings is 2. The summed E-state index contributed by atoms with van der Waals surface area (Å²) in [5, 5.41) is 6.03. The maximum Gasteiger partial charge on any atom is 0.255 e. The summed E-state index contributed by atoms with van der Waals surface area (Å²) in [5.74, 6) is -0.0922. The van der Waals surface area contributed by atoms with E-state index in [0.717, 1.165) is 27.8 Å². The second-order valence-corrected chi connectivity index (χ2v) is 5.45. The summed E-state index contributed by atoms with van der Waals surface area (Å²) >= 11 is 3.44. The zero-order valence-electron chi connectivity index (χ0n) is 11.5. The highest BCUT2D eigenvalue weighted by molar-refractivity contribution is 9.10. The lowest BCUT2D eigenvalue weighted by Gasteiger charge is -2.10. The van der Waals surface area contributed by atoms with E-state index in [9.17, 15) is 4.79 Å². The van der Waals surface area contributed by atoms with Gasteiger partial charge in [-0.2, -0.15) is 0 Å². The maximum atomic E-state index is 12.3. The first kappa shape index (κ1) is 14.8. The molecule has 2 aromatic carbocycles. The van der Waals surface area contributed by atoms with Crippen LogP contribution in [0.15, 0.2) is 46.9 Å². The third-order valence-electron chi connectivity index (χ3n) is 3.08. The summed E-state index contributed by atoms with van der Waals surface area (Å²) < 4.78 is 0.939. The van der Waals surface area contributed by atoms with E-state index < -0.39 is 0 Å². The Balaban J connectivity index is 2.19. The molecule has 0 aliphatic carbocycles. The van der Waals surface area contributed by atoms with E-state index in [-0.39, 0.29) is 5.91 Å². The molecule has 3 nitrogen and oxygen atoms in total. The van der Waals surface area contributed by atoms with Crippen molar-refractivity contribution in [2.24, 2.45) is 0 Å². The Hall–Kier alpha value is -1.65. The van der Waals surface area contributed by atoms with Crippen molar-refractivity contribution in [1.29, 1.82) is 0 Å². The van der Waals surface area contributed by atoms with Gasteiger partial charge in [-0.05, 0) is 49.4 Å². The minimum Gasteiger partial charge on any atom is -0.322 e. The van der Waals surface area contributed by atoms with Crippen LogP contribution < -0.4 is 10.6 Å². The largest absolute Gasteiger partial charge is 0.322 e. The molecule has 2 aromatic rings. The van der Waals surface area contributed by atoms with Crippen molar-refractivity contribution in [2.75, 3.05) is 12.4 Å². The van der Waals surface area contributed by atoms with E-state index in [1.165, 1.54) is 0 Å². The Morgan fingerprint density at radius 2 is 1.95 bits per heavy atom. The van der Waals surface area contributed by atoms with Gasteiger partial charge in [0.25, 0.3) is 5.91 Å². The van der Waals surface area contributed by atoms with Crippen LogP contribution in [-0.2, 0) is 6.54 Å². The van der Waals surface area contributed by atoms with Crippen LogP contribution in [0.3, 0.4) is 0 Å². The topological polar surface area (TPSA) is 41.1 Å². The average molecular weight is 333 g/mol. The first-order valence-corrected chi connectivity index (χ1v) is 7.21. The molecule has 0 saturated heterocycles. The van der Waals surface area contributed by atoms with Gasteiger partial charge in [0.2, 0.25) is 0 Å². The zero-order chi connectivity index (χ0) is 14.5. The normalized spacial score (nSPS) is 10.3. The monoisotopic (exact) mass is 332 g/mol. The van der Waals surface area contributed by atoms with Crippen LogP contribution in [-0.4, -0.2) is 13.0 Å². The molecule has 0 aliphatic rings. The molecule has 2 rings (SSSR count). The van der Waals surface area contributed by atoms with Gasteiger partial charge in [-0.1, -0.05) is 34.1 Å². The molecule has 0 aliphatic heterocycles. The summed E-state index contributed by atoms with van der Waals surface area (Å²) in [4.78, 5) is 12.3. The molecule has 0 radical (unpaired) electrons. The minimum absolute atomic E-state index is 0.0922. The number of hydrogen-bond donors (Lipinski definition) is 2. The number of nitrogens with one attached hydrogen (secondary N) is 2. The van der Waals surface area contributed by atoms with Crippen LogP contribution in [0.2, 0.25) is 0 Å². The standard InChI is InChI=1S/C16H17BrN2O/c1-11-14(7-4-8-15(11)17)16(20)19-13-6-3-5-12(9-13)10-18-2/h3-9,18H,10H2,1-2H3,(H,19,20). The highest BCUT2D eigenvalue weighted by Gasteiger charge is 2.10. The fourth-order valence-corrected chi connectivity index (χ4v) is 2.38. The number of amides is 1. The quantitative estimate of drug-likeness (QED) is 0.895. The number of anilines is 1. The maximum absolute atomic E-state index is 12.3. The molecule has 0 heterocycles.